The van der Waals surface area contributed by atoms with Crippen LogP contribution in [0.3, 0.4) is 0 Å². The summed E-state index contributed by atoms with van der Waals surface area (Å²) in [4.78, 5) is 0. The molecule has 0 aromatic carbocycles. The van der Waals surface area contributed by atoms with E-state index in [1.54, 1.807) is 0 Å². The SMILES string of the molecule is C=C.[GaH3].[InH3].[O]=[Zn]. The summed E-state index contributed by atoms with van der Waals surface area (Å²) in [6.45, 7) is 6.00. The third-order valence-corrected chi connectivity index (χ3v) is 0. The first-order valence-electron chi connectivity index (χ1n) is 0.789. The third kappa shape index (κ3) is 44.3. The van der Waals surface area contributed by atoms with E-state index in [2.05, 4.69) is 13.2 Å². The molecule has 0 aliphatic carbocycles. The molecule has 6 heavy (non-hydrogen) atoms. The monoisotopic (exact) mass is 298 g/mol. The van der Waals surface area contributed by atoms with Crippen LogP contribution in [-0.4, -0.2) is 45.6 Å². The van der Waals surface area contributed by atoms with E-state index in [1.807, 2.05) is 0 Å². The van der Waals surface area contributed by atoms with Gasteiger partial charge in [0.05, 0.1) is 0 Å². The van der Waals surface area contributed by atoms with E-state index < -0.39 is 0 Å². The first-order chi connectivity index (χ1) is 2.00. The fourth-order valence-corrected chi connectivity index (χ4v) is 0. The van der Waals surface area contributed by atoms with E-state index in [-0.39, 0.29) is 63.9 Å². The molecular weight excluding hydrogens is 290 g/mol. The van der Waals surface area contributed by atoms with Crippen LogP contribution in [0, 0.1) is 0 Å². The van der Waals surface area contributed by atoms with Crippen LogP contribution < -0.4 is 0 Å². The summed E-state index contributed by atoms with van der Waals surface area (Å²) in [6.07, 6.45) is 0. The first-order valence-corrected chi connectivity index (χ1v) is 2.00. The Morgan fingerprint density at radius 3 is 1.17 bits per heavy atom. The average molecular weight is 300 g/mol. The molecule has 0 radical (unpaired) electrons. The molecular formula is C2H10GaInOZn. The van der Waals surface area contributed by atoms with Gasteiger partial charge in [0.15, 0.2) is 0 Å². The Kier molecular flexibility index (Phi) is 325. The van der Waals surface area contributed by atoms with Gasteiger partial charge in [-0.1, -0.05) is 0 Å². The molecule has 0 rings (SSSR count). The maximum atomic E-state index is 8.38. The fraction of sp³-hybridized carbons (Fsp3) is 0. The van der Waals surface area contributed by atoms with Crippen molar-refractivity contribution in [3.63, 3.8) is 0 Å². The van der Waals surface area contributed by atoms with Gasteiger partial charge in [-0.2, -0.15) is 0 Å². The molecule has 0 spiro atoms. The minimum atomic E-state index is 0. The van der Waals surface area contributed by atoms with E-state index >= 15 is 0 Å². The van der Waals surface area contributed by atoms with Gasteiger partial charge in [0.1, 0.15) is 0 Å². The predicted molar refractivity (Wildman–Crippen MR) is 31.8 cm³/mol. The van der Waals surface area contributed by atoms with Gasteiger partial charge in [-0.3, -0.25) is 0 Å². The van der Waals surface area contributed by atoms with Gasteiger partial charge in [-0.25, -0.2) is 0 Å². The molecule has 0 saturated carbocycles. The second-order valence-electron chi connectivity index (χ2n) is 0. The van der Waals surface area contributed by atoms with Crippen LogP contribution in [0.5, 0.6) is 0 Å². The molecule has 0 aliphatic heterocycles. The van der Waals surface area contributed by atoms with Crippen molar-refractivity contribution in [2.24, 2.45) is 0 Å². The van der Waals surface area contributed by atoms with Crippen LogP contribution in [0.15, 0.2) is 13.2 Å². The van der Waals surface area contributed by atoms with Crippen LogP contribution in [0.25, 0.3) is 0 Å². The van der Waals surface area contributed by atoms with Crippen molar-refractivity contribution >= 4 is 45.6 Å². The molecule has 4 heteroatoms. The van der Waals surface area contributed by atoms with Crippen LogP contribution in [0.1, 0.15) is 0 Å². The van der Waals surface area contributed by atoms with Crippen LogP contribution in [0.2, 0.25) is 0 Å². The van der Waals surface area contributed by atoms with E-state index in [0.29, 0.717) is 0 Å². The molecule has 0 fully saturated rings. The molecule has 1 nitrogen and oxygen atoms in total. The summed E-state index contributed by atoms with van der Waals surface area (Å²) < 4.78 is 8.38. The molecule has 32 valence electrons. The second-order valence-corrected chi connectivity index (χ2v) is 0. The predicted octanol–water partition coefficient (Wildman–Crippen LogP) is -1.69. The summed E-state index contributed by atoms with van der Waals surface area (Å²) in [5.41, 5.74) is 0. The van der Waals surface area contributed by atoms with Crippen molar-refractivity contribution in [1.82, 2.24) is 0 Å². The maximum absolute atomic E-state index is 8.38. The van der Waals surface area contributed by atoms with Gasteiger partial charge < -0.3 is 0 Å². The van der Waals surface area contributed by atoms with Crippen molar-refractivity contribution in [1.29, 1.82) is 0 Å². The zero-order valence-electron chi connectivity index (χ0n) is 2.53. The Morgan fingerprint density at radius 2 is 1.17 bits per heavy atom. The Morgan fingerprint density at radius 1 is 1.17 bits per heavy atom. The standard InChI is InChI=1S/C2H4.Ga.In.O.Zn.6H/c1-2;;;;;;;;;;/h1-2H2;;;;;;;;;;. The molecule has 0 aromatic heterocycles. The zero-order chi connectivity index (χ0) is 4.00. The van der Waals surface area contributed by atoms with Gasteiger partial charge in [0.25, 0.3) is 0 Å². The van der Waals surface area contributed by atoms with Crippen molar-refractivity contribution in [2.45, 2.75) is 0 Å². The molecule has 0 heterocycles. The van der Waals surface area contributed by atoms with Gasteiger partial charge in [0.2, 0.25) is 0 Å². The van der Waals surface area contributed by atoms with E-state index in [1.165, 1.54) is 0 Å². The number of hydrogen-bond donors (Lipinski definition) is 0. The first kappa shape index (κ1) is 25.3. The molecule has 0 aliphatic rings. The van der Waals surface area contributed by atoms with Crippen LogP contribution in [0.4, 0.5) is 0 Å². The van der Waals surface area contributed by atoms with E-state index in [0.717, 1.165) is 0 Å². The van der Waals surface area contributed by atoms with Crippen molar-refractivity contribution < 1.29 is 21.8 Å². The van der Waals surface area contributed by atoms with Crippen LogP contribution >= 0.6 is 0 Å². The fourth-order valence-electron chi connectivity index (χ4n) is 0. The van der Waals surface area contributed by atoms with Gasteiger partial charge >= 0.3 is 67.5 Å². The molecule has 0 atom stereocenters. The molecule has 0 aromatic rings. The Labute approximate surface area is 79.7 Å². The van der Waals surface area contributed by atoms with Crippen LogP contribution in [-0.2, 0) is 21.8 Å². The summed E-state index contributed by atoms with van der Waals surface area (Å²) in [5.74, 6) is 0. The summed E-state index contributed by atoms with van der Waals surface area (Å²) in [7, 11) is 0. The molecule has 0 bridgehead atoms. The zero-order valence-corrected chi connectivity index (χ0v) is 5.50. The van der Waals surface area contributed by atoms with E-state index in [9.17, 15) is 0 Å². The Bertz CT molecular complexity index is 15.5. The van der Waals surface area contributed by atoms with Crippen molar-refractivity contribution in [3.05, 3.63) is 13.2 Å². The second kappa shape index (κ2) is 76.9. The van der Waals surface area contributed by atoms with Gasteiger partial charge in [0, 0.05) is 0 Å². The van der Waals surface area contributed by atoms with Gasteiger partial charge in [-0.05, 0) is 0 Å². The number of hydrogen-bond acceptors (Lipinski definition) is 1. The number of rotatable bonds is 0. The topological polar surface area (TPSA) is 17.1 Å². The van der Waals surface area contributed by atoms with Gasteiger partial charge in [-0.15, -0.1) is 13.2 Å². The van der Waals surface area contributed by atoms with E-state index in [4.69, 9.17) is 3.57 Å². The average Bonchev–Trinajstić information content (AvgIpc) is 1.50. The minimum absolute atomic E-state index is 0. The summed E-state index contributed by atoms with van der Waals surface area (Å²) in [6, 6.07) is 0. The molecule has 0 saturated heterocycles. The molecule has 0 N–H and O–H groups in total. The van der Waals surface area contributed by atoms with Crippen molar-refractivity contribution in [2.75, 3.05) is 0 Å². The van der Waals surface area contributed by atoms with Crippen molar-refractivity contribution in [3.8, 4) is 0 Å². The quantitative estimate of drug-likeness (QED) is 0.386. The normalized spacial score (nSPS) is 1.67. The summed E-state index contributed by atoms with van der Waals surface area (Å²) in [5, 5.41) is 0. The molecule has 0 unspecified atom stereocenters. The molecule has 0 amide bonds. The Hall–Kier alpha value is 1.67. The summed E-state index contributed by atoms with van der Waals surface area (Å²) >= 11 is 0.125. The Balaban J connectivity index is -0.00000000500. The third-order valence-electron chi connectivity index (χ3n) is 0.